The topological polar surface area (TPSA) is 43.0 Å². The highest BCUT2D eigenvalue weighted by Gasteiger charge is 2.42. The highest BCUT2D eigenvalue weighted by molar-refractivity contribution is 5.57. The summed E-state index contributed by atoms with van der Waals surface area (Å²) in [5.74, 6) is -0.938. The van der Waals surface area contributed by atoms with Gasteiger partial charge in [0, 0.05) is 56.5 Å². The number of ether oxygens (including phenoxy) is 3. The van der Waals surface area contributed by atoms with Gasteiger partial charge in [0.25, 0.3) is 0 Å². The van der Waals surface area contributed by atoms with Crippen LogP contribution in [-0.2, 0) is 26.4 Å². The van der Waals surface area contributed by atoms with Crippen molar-refractivity contribution in [1.82, 2.24) is 5.32 Å². The maximum absolute atomic E-state index is 6.41. The van der Waals surface area contributed by atoms with Gasteiger partial charge in [0.1, 0.15) is 0 Å². The van der Waals surface area contributed by atoms with Crippen LogP contribution >= 0.6 is 0 Å². The Morgan fingerprint density at radius 2 is 1.89 bits per heavy atom. The molecule has 2 aromatic carbocycles. The summed E-state index contributed by atoms with van der Waals surface area (Å²) in [5.41, 5.74) is 4.65. The van der Waals surface area contributed by atoms with Crippen LogP contribution in [0.5, 0.6) is 0 Å². The fraction of sp³-hybridized carbons (Fsp3) is 0.478. The molecule has 0 saturated carbocycles. The highest BCUT2D eigenvalue weighted by Crippen LogP contribution is 2.41. The molecule has 2 atom stereocenters. The van der Waals surface area contributed by atoms with Crippen molar-refractivity contribution in [2.45, 2.75) is 31.8 Å². The molecule has 150 valence electrons. The molecule has 5 nitrogen and oxygen atoms in total. The minimum absolute atomic E-state index is 0.285. The SMILES string of the molecule is CCc1cc(C2(c3ccccc3)OCCC(OC)O2)ccc1N1CCNCC1. The molecule has 2 unspecified atom stereocenters. The predicted octanol–water partition coefficient (Wildman–Crippen LogP) is 3.27. The summed E-state index contributed by atoms with van der Waals surface area (Å²) in [6.07, 6.45) is 1.41. The molecule has 2 heterocycles. The summed E-state index contributed by atoms with van der Waals surface area (Å²) in [6, 6.07) is 16.8. The number of anilines is 1. The Bertz CT molecular complexity index is 777. The van der Waals surface area contributed by atoms with E-state index in [-0.39, 0.29) is 6.29 Å². The lowest BCUT2D eigenvalue weighted by molar-refractivity contribution is -0.330. The minimum Gasteiger partial charge on any atom is -0.369 e. The van der Waals surface area contributed by atoms with E-state index >= 15 is 0 Å². The molecule has 0 amide bonds. The van der Waals surface area contributed by atoms with Crippen molar-refractivity contribution in [2.24, 2.45) is 0 Å². The molecular weight excluding hydrogens is 352 g/mol. The summed E-state index contributed by atoms with van der Waals surface area (Å²) in [4.78, 5) is 2.47. The van der Waals surface area contributed by atoms with E-state index in [1.165, 1.54) is 11.3 Å². The van der Waals surface area contributed by atoms with Gasteiger partial charge in [-0.1, -0.05) is 43.3 Å². The Balaban J connectivity index is 1.76. The van der Waals surface area contributed by atoms with Crippen LogP contribution in [0.3, 0.4) is 0 Å². The number of hydrogen-bond donors (Lipinski definition) is 1. The summed E-state index contributed by atoms with van der Waals surface area (Å²) in [6.45, 7) is 6.93. The number of benzene rings is 2. The Morgan fingerprint density at radius 3 is 2.61 bits per heavy atom. The summed E-state index contributed by atoms with van der Waals surface area (Å²) in [5, 5.41) is 3.43. The summed E-state index contributed by atoms with van der Waals surface area (Å²) >= 11 is 0. The monoisotopic (exact) mass is 382 g/mol. The molecule has 0 aliphatic carbocycles. The number of methoxy groups -OCH3 is 1. The van der Waals surface area contributed by atoms with E-state index in [1.807, 2.05) is 18.2 Å². The standard InChI is InChI=1S/C23H30N2O3/c1-3-18-17-20(9-10-21(18)25-14-12-24-13-15-25)23(19-7-5-4-6-8-19)27-16-11-22(26-2)28-23/h4-10,17,22,24H,3,11-16H2,1-2H3. The van der Waals surface area contributed by atoms with Crippen LogP contribution in [-0.4, -0.2) is 46.2 Å². The number of piperazine rings is 1. The van der Waals surface area contributed by atoms with Crippen LogP contribution < -0.4 is 10.2 Å². The van der Waals surface area contributed by atoms with Gasteiger partial charge in [-0.05, 0) is 24.1 Å². The minimum atomic E-state index is -0.938. The first-order valence-corrected chi connectivity index (χ1v) is 10.3. The van der Waals surface area contributed by atoms with Crippen molar-refractivity contribution in [3.63, 3.8) is 0 Å². The van der Waals surface area contributed by atoms with E-state index in [1.54, 1.807) is 7.11 Å². The zero-order valence-corrected chi connectivity index (χ0v) is 16.8. The Labute approximate surface area is 167 Å². The number of nitrogens with one attached hydrogen (secondary N) is 1. The second-order valence-corrected chi connectivity index (χ2v) is 7.34. The first-order chi connectivity index (χ1) is 13.8. The van der Waals surface area contributed by atoms with Gasteiger partial charge < -0.3 is 24.4 Å². The van der Waals surface area contributed by atoms with Gasteiger partial charge in [-0.2, -0.15) is 0 Å². The third kappa shape index (κ3) is 3.67. The quantitative estimate of drug-likeness (QED) is 0.860. The third-order valence-electron chi connectivity index (χ3n) is 5.67. The van der Waals surface area contributed by atoms with Crippen LogP contribution in [0.1, 0.15) is 30.0 Å². The molecule has 28 heavy (non-hydrogen) atoms. The van der Waals surface area contributed by atoms with Crippen molar-refractivity contribution in [3.8, 4) is 0 Å². The molecule has 2 aliphatic heterocycles. The molecule has 1 N–H and O–H groups in total. The fourth-order valence-electron chi connectivity index (χ4n) is 4.16. The molecule has 0 radical (unpaired) electrons. The normalized spacial score (nSPS) is 25.6. The Hall–Kier alpha value is -1.92. The maximum Gasteiger partial charge on any atom is 0.224 e. The van der Waals surface area contributed by atoms with E-state index in [4.69, 9.17) is 14.2 Å². The largest absolute Gasteiger partial charge is 0.369 e. The third-order valence-corrected chi connectivity index (χ3v) is 5.67. The lowest BCUT2D eigenvalue weighted by Crippen LogP contribution is -2.45. The second-order valence-electron chi connectivity index (χ2n) is 7.34. The van der Waals surface area contributed by atoms with Gasteiger partial charge in [0.2, 0.25) is 5.79 Å². The van der Waals surface area contributed by atoms with Crippen molar-refractivity contribution in [2.75, 3.05) is 44.8 Å². The highest BCUT2D eigenvalue weighted by atomic mass is 16.8. The first kappa shape index (κ1) is 19.4. The average Bonchev–Trinajstić information content (AvgIpc) is 2.79. The second kappa shape index (κ2) is 8.62. The van der Waals surface area contributed by atoms with Gasteiger partial charge in [-0.15, -0.1) is 0 Å². The van der Waals surface area contributed by atoms with Gasteiger partial charge in [-0.3, -0.25) is 0 Å². The van der Waals surface area contributed by atoms with Crippen molar-refractivity contribution >= 4 is 5.69 Å². The lowest BCUT2D eigenvalue weighted by atomic mass is 9.93. The zero-order valence-electron chi connectivity index (χ0n) is 16.8. The molecular formula is C23H30N2O3. The van der Waals surface area contributed by atoms with Crippen molar-refractivity contribution < 1.29 is 14.2 Å². The van der Waals surface area contributed by atoms with Gasteiger partial charge in [-0.25, -0.2) is 0 Å². The summed E-state index contributed by atoms with van der Waals surface area (Å²) < 4.78 is 18.3. The smallest absolute Gasteiger partial charge is 0.224 e. The van der Waals surface area contributed by atoms with Crippen molar-refractivity contribution in [1.29, 1.82) is 0 Å². The average molecular weight is 383 g/mol. The Morgan fingerprint density at radius 1 is 1.11 bits per heavy atom. The van der Waals surface area contributed by atoms with Crippen LogP contribution in [0.4, 0.5) is 5.69 Å². The number of nitrogens with zero attached hydrogens (tertiary/aromatic N) is 1. The maximum atomic E-state index is 6.41. The molecule has 2 aliphatic rings. The van der Waals surface area contributed by atoms with E-state index < -0.39 is 5.79 Å². The fourth-order valence-corrected chi connectivity index (χ4v) is 4.16. The van der Waals surface area contributed by atoms with Gasteiger partial charge in [0.05, 0.1) is 6.61 Å². The molecule has 2 aromatic rings. The van der Waals surface area contributed by atoms with Gasteiger partial charge in [0.15, 0.2) is 6.29 Å². The number of aryl methyl sites for hydroxylation is 1. The zero-order chi connectivity index (χ0) is 19.4. The molecule has 0 spiro atoms. The number of rotatable bonds is 5. The van der Waals surface area contributed by atoms with E-state index in [2.05, 4.69) is 47.5 Å². The van der Waals surface area contributed by atoms with Crippen LogP contribution in [0.25, 0.3) is 0 Å². The molecule has 0 aromatic heterocycles. The van der Waals surface area contributed by atoms with Crippen molar-refractivity contribution in [3.05, 3.63) is 65.2 Å². The first-order valence-electron chi connectivity index (χ1n) is 10.3. The number of hydrogen-bond acceptors (Lipinski definition) is 5. The molecule has 2 saturated heterocycles. The molecule has 0 bridgehead atoms. The van der Waals surface area contributed by atoms with E-state index in [9.17, 15) is 0 Å². The summed E-state index contributed by atoms with van der Waals surface area (Å²) in [7, 11) is 1.69. The molecule has 2 fully saturated rings. The van der Waals surface area contributed by atoms with Crippen LogP contribution in [0.15, 0.2) is 48.5 Å². The van der Waals surface area contributed by atoms with Crippen LogP contribution in [0, 0.1) is 0 Å². The molecule has 5 heteroatoms. The van der Waals surface area contributed by atoms with Gasteiger partial charge >= 0.3 is 0 Å². The lowest BCUT2D eigenvalue weighted by Gasteiger charge is -2.41. The Kier molecular flexibility index (Phi) is 5.97. The van der Waals surface area contributed by atoms with Crippen LogP contribution in [0.2, 0.25) is 0 Å². The van der Waals surface area contributed by atoms with E-state index in [0.29, 0.717) is 6.61 Å². The predicted molar refractivity (Wildman–Crippen MR) is 111 cm³/mol. The van der Waals surface area contributed by atoms with E-state index in [0.717, 1.165) is 50.1 Å². The molecule has 4 rings (SSSR count).